The number of nitrogens with zero attached hydrogens (tertiary/aromatic N) is 1. The van der Waals surface area contributed by atoms with Gasteiger partial charge in [0, 0.05) is 10.7 Å². The van der Waals surface area contributed by atoms with Crippen molar-refractivity contribution in [2.75, 3.05) is 0 Å². The van der Waals surface area contributed by atoms with Gasteiger partial charge in [-0.3, -0.25) is 4.79 Å². The summed E-state index contributed by atoms with van der Waals surface area (Å²) in [6, 6.07) is 10.2. The average Bonchev–Trinajstić information content (AvgIpc) is 2.47. The van der Waals surface area contributed by atoms with Crippen LogP contribution in [-0.2, 0) is 0 Å². The predicted molar refractivity (Wildman–Crippen MR) is 81.2 cm³/mol. The quantitative estimate of drug-likeness (QED) is 0.889. The Morgan fingerprint density at radius 1 is 1.19 bits per heavy atom. The summed E-state index contributed by atoms with van der Waals surface area (Å²) in [6.07, 6.45) is 1.26. The van der Waals surface area contributed by atoms with Crippen molar-refractivity contribution in [3.8, 4) is 0 Å². The van der Waals surface area contributed by atoms with Crippen molar-refractivity contribution < 1.29 is 14.7 Å². The van der Waals surface area contributed by atoms with Crippen LogP contribution >= 0.6 is 15.9 Å². The summed E-state index contributed by atoms with van der Waals surface area (Å²) in [7, 11) is 0. The normalized spacial score (nSPS) is 11.7. The molecule has 2 rings (SSSR count). The largest absolute Gasteiger partial charge is 0.477 e. The summed E-state index contributed by atoms with van der Waals surface area (Å²) < 4.78 is 0.971. The zero-order valence-corrected chi connectivity index (χ0v) is 12.8. The van der Waals surface area contributed by atoms with E-state index in [0.717, 1.165) is 10.0 Å². The molecule has 21 heavy (non-hydrogen) atoms. The molecule has 0 saturated carbocycles. The third kappa shape index (κ3) is 3.88. The maximum atomic E-state index is 12.1. The second-order valence-corrected chi connectivity index (χ2v) is 5.40. The summed E-state index contributed by atoms with van der Waals surface area (Å²) in [5.41, 5.74) is 1.21. The van der Waals surface area contributed by atoms with Crippen LogP contribution in [0.25, 0.3) is 0 Å². The minimum absolute atomic E-state index is 0.0903. The highest BCUT2D eigenvalue weighted by atomic mass is 79.9. The number of carboxylic acid groups (broad SMARTS) is 1. The number of aromatic nitrogens is 1. The lowest BCUT2D eigenvalue weighted by Gasteiger charge is -2.14. The maximum absolute atomic E-state index is 12.1. The molecule has 1 atom stereocenters. The number of nitrogens with one attached hydrogen (secondary N) is 1. The van der Waals surface area contributed by atoms with Gasteiger partial charge in [-0.1, -0.05) is 28.1 Å². The monoisotopic (exact) mass is 348 g/mol. The molecule has 0 saturated heterocycles. The van der Waals surface area contributed by atoms with Crippen LogP contribution in [0.1, 0.15) is 39.4 Å². The van der Waals surface area contributed by atoms with Crippen LogP contribution in [0.3, 0.4) is 0 Å². The third-order valence-corrected chi connectivity index (χ3v) is 3.49. The van der Waals surface area contributed by atoms with Crippen molar-refractivity contribution in [3.63, 3.8) is 0 Å². The van der Waals surface area contributed by atoms with Crippen molar-refractivity contribution in [1.82, 2.24) is 10.3 Å². The fourth-order valence-electron chi connectivity index (χ4n) is 1.77. The minimum Gasteiger partial charge on any atom is -0.477 e. The fraction of sp³-hybridized carbons (Fsp3) is 0.133. The zero-order chi connectivity index (χ0) is 15.4. The molecule has 2 aromatic rings. The Bertz CT molecular complexity index is 654. The van der Waals surface area contributed by atoms with Gasteiger partial charge in [0.2, 0.25) is 0 Å². The van der Waals surface area contributed by atoms with Crippen LogP contribution < -0.4 is 5.32 Å². The van der Waals surface area contributed by atoms with Gasteiger partial charge < -0.3 is 10.4 Å². The Balaban J connectivity index is 2.06. The van der Waals surface area contributed by atoms with Gasteiger partial charge in [0.05, 0.1) is 11.6 Å². The zero-order valence-electron chi connectivity index (χ0n) is 11.2. The summed E-state index contributed by atoms with van der Waals surface area (Å²) >= 11 is 3.36. The SMILES string of the molecule is CC(NC(=O)c1ccc(C(=O)O)nc1)c1ccc(Br)cc1. The van der Waals surface area contributed by atoms with Gasteiger partial charge in [-0.15, -0.1) is 0 Å². The number of rotatable bonds is 4. The number of hydrogen-bond acceptors (Lipinski definition) is 3. The Hall–Kier alpha value is -2.21. The second-order valence-electron chi connectivity index (χ2n) is 4.48. The smallest absolute Gasteiger partial charge is 0.354 e. The van der Waals surface area contributed by atoms with E-state index in [-0.39, 0.29) is 17.6 Å². The Morgan fingerprint density at radius 3 is 2.38 bits per heavy atom. The summed E-state index contributed by atoms with van der Waals surface area (Å²) in [4.78, 5) is 26.5. The number of carboxylic acids is 1. The van der Waals surface area contributed by atoms with Gasteiger partial charge in [0.15, 0.2) is 0 Å². The average molecular weight is 349 g/mol. The standard InChI is InChI=1S/C15H13BrN2O3/c1-9(10-2-5-12(16)6-3-10)18-14(19)11-4-7-13(15(20)21)17-8-11/h2-9H,1H3,(H,18,19)(H,20,21). The van der Waals surface area contributed by atoms with Crippen LogP contribution in [0.4, 0.5) is 0 Å². The molecule has 0 bridgehead atoms. The van der Waals surface area contributed by atoms with E-state index in [9.17, 15) is 9.59 Å². The summed E-state index contributed by atoms with van der Waals surface area (Å²) in [6.45, 7) is 1.88. The number of amides is 1. The molecule has 0 aliphatic heterocycles. The number of carbonyl (C=O) groups excluding carboxylic acids is 1. The fourth-order valence-corrected chi connectivity index (χ4v) is 2.03. The molecule has 1 aromatic carbocycles. The molecule has 5 nitrogen and oxygen atoms in total. The molecule has 1 amide bonds. The van der Waals surface area contributed by atoms with Crippen molar-refractivity contribution in [1.29, 1.82) is 0 Å². The van der Waals surface area contributed by atoms with E-state index in [4.69, 9.17) is 5.11 Å². The van der Waals surface area contributed by atoms with Crippen LogP contribution in [0.5, 0.6) is 0 Å². The Kier molecular flexibility index (Phi) is 4.70. The molecular weight excluding hydrogens is 336 g/mol. The van der Waals surface area contributed by atoms with E-state index in [1.54, 1.807) is 0 Å². The van der Waals surface area contributed by atoms with Crippen LogP contribution in [0.2, 0.25) is 0 Å². The molecule has 0 aliphatic rings. The van der Waals surface area contributed by atoms with Crippen molar-refractivity contribution in [2.45, 2.75) is 13.0 Å². The molecule has 1 heterocycles. The first-order valence-electron chi connectivity index (χ1n) is 6.23. The Morgan fingerprint density at radius 2 is 1.86 bits per heavy atom. The van der Waals surface area contributed by atoms with Gasteiger partial charge in [-0.25, -0.2) is 9.78 Å². The lowest BCUT2D eigenvalue weighted by Crippen LogP contribution is -2.26. The summed E-state index contributed by atoms with van der Waals surface area (Å²) in [5, 5.41) is 11.6. The Labute approximate surface area is 130 Å². The van der Waals surface area contributed by atoms with E-state index in [2.05, 4.69) is 26.2 Å². The van der Waals surface area contributed by atoms with Crippen LogP contribution in [0.15, 0.2) is 47.1 Å². The number of hydrogen-bond donors (Lipinski definition) is 2. The number of carbonyl (C=O) groups is 2. The molecule has 108 valence electrons. The molecule has 0 radical (unpaired) electrons. The number of aromatic carboxylic acids is 1. The molecule has 1 unspecified atom stereocenters. The second kappa shape index (κ2) is 6.49. The van der Waals surface area contributed by atoms with E-state index >= 15 is 0 Å². The highest BCUT2D eigenvalue weighted by molar-refractivity contribution is 9.10. The first-order chi connectivity index (χ1) is 9.97. The van der Waals surface area contributed by atoms with Gasteiger partial charge >= 0.3 is 5.97 Å². The highest BCUT2D eigenvalue weighted by Crippen LogP contribution is 2.17. The lowest BCUT2D eigenvalue weighted by atomic mass is 10.1. The molecule has 1 aromatic heterocycles. The van der Waals surface area contributed by atoms with Crippen molar-refractivity contribution in [3.05, 3.63) is 63.9 Å². The lowest BCUT2D eigenvalue weighted by molar-refractivity contribution is 0.0689. The van der Waals surface area contributed by atoms with Gasteiger partial charge in [0.25, 0.3) is 5.91 Å². The molecule has 0 fully saturated rings. The minimum atomic E-state index is -1.12. The van der Waals surface area contributed by atoms with E-state index in [1.165, 1.54) is 18.3 Å². The van der Waals surface area contributed by atoms with Gasteiger partial charge in [-0.2, -0.15) is 0 Å². The number of pyridine rings is 1. The van der Waals surface area contributed by atoms with Crippen LogP contribution in [0, 0.1) is 0 Å². The maximum Gasteiger partial charge on any atom is 0.354 e. The molecule has 2 N–H and O–H groups in total. The third-order valence-electron chi connectivity index (χ3n) is 2.96. The van der Waals surface area contributed by atoms with Crippen LogP contribution in [-0.4, -0.2) is 22.0 Å². The highest BCUT2D eigenvalue weighted by Gasteiger charge is 2.13. The molecule has 6 heteroatoms. The topological polar surface area (TPSA) is 79.3 Å². The molecular formula is C15H13BrN2O3. The summed E-state index contributed by atoms with van der Waals surface area (Å²) in [5.74, 6) is -1.42. The first kappa shape index (κ1) is 15.2. The number of benzene rings is 1. The predicted octanol–water partition coefficient (Wildman–Crippen LogP) is 3.03. The van der Waals surface area contributed by atoms with Gasteiger partial charge in [0.1, 0.15) is 5.69 Å². The van der Waals surface area contributed by atoms with Crippen molar-refractivity contribution in [2.24, 2.45) is 0 Å². The first-order valence-corrected chi connectivity index (χ1v) is 7.02. The van der Waals surface area contributed by atoms with Gasteiger partial charge in [-0.05, 0) is 36.8 Å². The number of halogens is 1. The van der Waals surface area contributed by atoms with E-state index in [1.807, 2.05) is 31.2 Å². The van der Waals surface area contributed by atoms with E-state index < -0.39 is 5.97 Å². The molecule has 0 spiro atoms. The van der Waals surface area contributed by atoms with Crippen molar-refractivity contribution >= 4 is 27.8 Å². The van der Waals surface area contributed by atoms with E-state index in [0.29, 0.717) is 5.56 Å². The molecule has 0 aliphatic carbocycles.